The number of hydrogen-bond acceptors (Lipinski definition) is 3. The Bertz CT molecular complexity index is 537. The van der Waals surface area contributed by atoms with E-state index in [1.54, 1.807) is 17.4 Å². The molecular formula is C13H15FN2S. The van der Waals surface area contributed by atoms with Gasteiger partial charge in [0.2, 0.25) is 0 Å². The fraction of sp³-hybridized carbons (Fsp3) is 0.462. The number of para-hydroxylation sites is 1. The minimum atomic E-state index is -0.227. The van der Waals surface area contributed by atoms with Crippen molar-refractivity contribution in [2.24, 2.45) is 5.73 Å². The van der Waals surface area contributed by atoms with Gasteiger partial charge in [0.25, 0.3) is 0 Å². The quantitative estimate of drug-likeness (QED) is 0.842. The number of benzene rings is 1. The van der Waals surface area contributed by atoms with Gasteiger partial charge in [0.15, 0.2) is 0 Å². The van der Waals surface area contributed by atoms with Gasteiger partial charge in [-0.3, -0.25) is 0 Å². The molecule has 1 aliphatic carbocycles. The molecule has 2 N–H and O–H groups in total. The minimum absolute atomic E-state index is 0.187. The van der Waals surface area contributed by atoms with Crippen LogP contribution in [0.25, 0.3) is 10.2 Å². The van der Waals surface area contributed by atoms with Crippen molar-refractivity contribution in [2.75, 3.05) is 0 Å². The van der Waals surface area contributed by atoms with E-state index in [0.29, 0.717) is 11.4 Å². The monoisotopic (exact) mass is 250 g/mol. The van der Waals surface area contributed by atoms with Crippen molar-refractivity contribution in [1.29, 1.82) is 0 Å². The fourth-order valence-electron chi connectivity index (χ4n) is 2.56. The normalized spacial score (nSPS) is 25.3. The van der Waals surface area contributed by atoms with E-state index in [2.05, 4.69) is 4.98 Å². The molecule has 0 spiro atoms. The summed E-state index contributed by atoms with van der Waals surface area (Å²) in [5.74, 6) is 0.0925. The van der Waals surface area contributed by atoms with E-state index < -0.39 is 0 Å². The first-order valence-corrected chi connectivity index (χ1v) is 6.88. The van der Waals surface area contributed by atoms with Gasteiger partial charge in [0.05, 0.1) is 9.71 Å². The summed E-state index contributed by atoms with van der Waals surface area (Å²) in [7, 11) is 0. The second kappa shape index (κ2) is 4.35. The van der Waals surface area contributed by atoms with Crippen LogP contribution in [0.5, 0.6) is 0 Å². The van der Waals surface area contributed by atoms with Crippen LogP contribution in [0.1, 0.15) is 36.6 Å². The highest BCUT2D eigenvalue weighted by molar-refractivity contribution is 7.18. The second-order valence-electron chi connectivity index (χ2n) is 4.69. The Morgan fingerprint density at radius 2 is 2.12 bits per heavy atom. The van der Waals surface area contributed by atoms with E-state index in [-0.39, 0.29) is 11.9 Å². The molecule has 2 aromatic rings. The van der Waals surface area contributed by atoms with Crippen LogP contribution in [0.4, 0.5) is 4.39 Å². The van der Waals surface area contributed by atoms with Crippen molar-refractivity contribution in [3.05, 3.63) is 29.0 Å². The molecule has 0 radical (unpaired) electrons. The predicted molar refractivity (Wildman–Crippen MR) is 68.8 cm³/mol. The first-order valence-electron chi connectivity index (χ1n) is 6.06. The van der Waals surface area contributed by atoms with Gasteiger partial charge in [-0.05, 0) is 25.0 Å². The van der Waals surface area contributed by atoms with Crippen molar-refractivity contribution in [3.63, 3.8) is 0 Å². The Morgan fingerprint density at radius 3 is 2.88 bits per heavy atom. The van der Waals surface area contributed by atoms with E-state index in [1.165, 1.54) is 18.9 Å². The molecular weight excluding hydrogens is 235 g/mol. The summed E-state index contributed by atoms with van der Waals surface area (Å²) in [6.45, 7) is 0. The molecule has 0 saturated heterocycles. The third-order valence-electron chi connectivity index (χ3n) is 3.52. The van der Waals surface area contributed by atoms with Crippen LogP contribution in [0.2, 0.25) is 0 Å². The number of aromatic nitrogens is 1. The van der Waals surface area contributed by atoms with Crippen LogP contribution in [0.15, 0.2) is 18.2 Å². The highest BCUT2D eigenvalue weighted by atomic mass is 32.1. The SMILES string of the molecule is NC1CCCCC1c1nc2c(F)cccc2s1. The van der Waals surface area contributed by atoms with Crippen LogP contribution in [-0.2, 0) is 0 Å². The Kier molecular flexibility index (Phi) is 2.84. The van der Waals surface area contributed by atoms with Crippen LogP contribution < -0.4 is 5.73 Å². The molecule has 1 fully saturated rings. The molecule has 1 aromatic heterocycles. The number of hydrogen-bond donors (Lipinski definition) is 1. The van der Waals surface area contributed by atoms with Crippen molar-refractivity contribution < 1.29 is 4.39 Å². The molecule has 1 aliphatic rings. The molecule has 1 saturated carbocycles. The van der Waals surface area contributed by atoms with Gasteiger partial charge in [-0.1, -0.05) is 18.9 Å². The summed E-state index contributed by atoms with van der Waals surface area (Å²) in [5.41, 5.74) is 6.65. The van der Waals surface area contributed by atoms with Crippen LogP contribution in [0, 0.1) is 5.82 Å². The first-order chi connectivity index (χ1) is 8.25. The smallest absolute Gasteiger partial charge is 0.150 e. The third-order valence-corrected chi connectivity index (χ3v) is 4.68. The molecule has 0 bridgehead atoms. The van der Waals surface area contributed by atoms with Gasteiger partial charge >= 0.3 is 0 Å². The zero-order valence-electron chi connectivity index (χ0n) is 9.53. The average molecular weight is 250 g/mol. The summed E-state index contributed by atoms with van der Waals surface area (Å²) < 4.78 is 14.5. The lowest BCUT2D eigenvalue weighted by Gasteiger charge is -2.26. The summed E-state index contributed by atoms with van der Waals surface area (Å²) in [6.07, 6.45) is 4.55. The maximum absolute atomic E-state index is 13.6. The lowest BCUT2D eigenvalue weighted by Crippen LogP contribution is -2.31. The summed E-state index contributed by atoms with van der Waals surface area (Å²) in [4.78, 5) is 4.45. The Morgan fingerprint density at radius 1 is 1.29 bits per heavy atom. The number of fused-ring (bicyclic) bond motifs is 1. The number of nitrogens with zero attached hydrogens (tertiary/aromatic N) is 1. The third kappa shape index (κ3) is 1.96. The molecule has 1 heterocycles. The largest absolute Gasteiger partial charge is 0.327 e. The molecule has 1 aromatic carbocycles. The first kappa shape index (κ1) is 11.1. The van der Waals surface area contributed by atoms with Crippen LogP contribution >= 0.6 is 11.3 Å². The zero-order chi connectivity index (χ0) is 11.8. The van der Waals surface area contributed by atoms with Gasteiger partial charge in [0, 0.05) is 12.0 Å². The molecule has 2 unspecified atom stereocenters. The number of halogens is 1. The van der Waals surface area contributed by atoms with E-state index >= 15 is 0 Å². The van der Waals surface area contributed by atoms with E-state index in [4.69, 9.17) is 5.73 Å². The van der Waals surface area contributed by atoms with E-state index in [9.17, 15) is 4.39 Å². The van der Waals surface area contributed by atoms with Crippen molar-refractivity contribution in [2.45, 2.75) is 37.6 Å². The molecule has 17 heavy (non-hydrogen) atoms. The standard InChI is InChI=1S/C13H15FN2S/c14-9-5-3-7-11-12(9)16-13(17-11)8-4-1-2-6-10(8)15/h3,5,7-8,10H,1-2,4,6,15H2. The molecule has 2 nitrogen and oxygen atoms in total. The summed E-state index contributed by atoms with van der Waals surface area (Å²) >= 11 is 1.59. The van der Waals surface area contributed by atoms with Crippen LogP contribution in [-0.4, -0.2) is 11.0 Å². The zero-order valence-corrected chi connectivity index (χ0v) is 10.3. The van der Waals surface area contributed by atoms with Gasteiger partial charge < -0.3 is 5.73 Å². The Balaban J connectivity index is 2.02. The lowest BCUT2D eigenvalue weighted by atomic mass is 9.85. The van der Waals surface area contributed by atoms with Crippen LogP contribution in [0.3, 0.4) is 0 Å². The molecule has 2 atom stereocenters. The maximum atomic E-state index is 13.6. The average Bonchev–Trinajstić information content (AvgIpc) is 2.75. The van der Waals surface area contributed by atoms with Gasteiger partial charge in [-0.15, -0.1) is 11.3 Å². The Hall–Kier alpha value is -1.000. The highest BCUT2D eigenvalue weighted by Gasteiger charge is 2.26. The van der Waals surface area contributed by atoms with Gasteiger partial charge in [0.1, 0.15) is 11.3 Å². The van der Waals surface area contributed by atoms with E-state index in [1.807, 2.05) is 6.07 Å². The molecule has 0 amide bonds. The molecule has 3 rings (SSSR count). The molecule has 4 heteroatoms. The molecule has 0 aliphatic heterocycles. The van der Waals surface area contributed by atoms with Crippen molar-refractivity contribution in [1.82, 2.24) is 4.98 Å². The van der Waals surface area contributed by atoms with Gasteiger partial charge in [-0.25, -0.2) is 9.37 Å². The fourth-order valence-corrected chi connectivity index (χ4v) is 3.75. The van der Waals surface area contributed by atoms with Crippen molar-refractivity contribution in [3.8, 4) is 0 Å². The van der Waals surface area contributed by atoms with Crippen molar-refractivity contribution >= 4 is 21.6 Å². The van der Waals surface area contributed by atoms with E-state index in [0.717, 1.165) is 22.5 Å². The lowest BCUT2D eigenvalue weighted by molar-refractivity contribution is 0.385. The Labute approximate surface area is 104 Å². The maximum Gasteiger partial charge on any atom is 0.150 e. The minimum Gasteiger partial charge on any atom is -0.327 e. The number of thiazole rings is 1. The number of nitrogens with two attached hydrogens (primary N) is 1. The predicted octanol–water partition coefficient (Wildman–Crippen LogP) is 3.42. The second-order valence-corrected chi connectivity index (χ2v) is 5.76. The summed E-state index contributed by atoms with van der Waals surface area (Å²) in [5, 5.41) is 1.01. The highest BCUT2D eigenvalue weighted by Crippen LogP contribution is 2.36. The van der Waals surface area contributed by atoms with Gasteiger partial charge in [-0.2, -0.15) is 0 Å². The molecule has 90 valence electrons. The number of rotatable bonds is 1. The summed E-state index contributed by atoms with van der Waals surface area (Å²) in [6, 6.07) is 5.31. The topological polar surface area (TPSA) is 38.9 Å².